The van der Waals surface area contributed by atoms with E-state index in [9.17, 15) is 0 Å². The molecule has 1 aromatic carbocycles. The van der Waals surface area contributed by atoms with Crippen LogP contribution in [-0.2, 0) is 0 Å². The average Bonchev–Trinajstić information content (AvgIpc) is 2.59. The van der Waals surface area contributed by atoms with Crippen LogP contribution in [0.3, 0.4) is 0 Å². The molecule has 0 spiro atoms. The molecular weight excluding hydrogens is 341 g/mol. The van der Waals surface area contributed by atoms with Gasteiger partial charge in [0.05, 0.1) is 6.04 Å². The van der Waals surface area contributed by atoms with Crippen LogP contribution in [0.4, 0.5) is 0 Å². The second kappa shape index (κ2) is 5.29. The molecule has 0 aliphatic carbocycles. The predicted molar refractivity (Wildman–Crippen MR) is 79.2 cm³/mol. The predicted octanol–water partition coefficient (Wildman–Crippen LogP) is 5.17. The highest BCUT2D eigenvalue weighted by Gasteiger charge is 2.18. The van der Waals surface area contributed by atoms with Crippen molar-refractivity contribution in [3.05, 3.63) is 54.1 Å². The van der Waals surface area contributed by atoms with Crippen LogP contribution in [0, 0.1) is 6.92 Å². The Kier molecular flexibility index (Phi) is 4.16. The second-order valence-corrected chi connectivity index (χ2v) is 6.62. The quantitative estimate of drug-likeness (QED) is 0.793. The zero-order chi connectivity index (χ0) is 12.6. The molecule has 0 saturated heterocycles. The van der Waals surface area contributed by atoms with Crippen LogP contribution < -0.4 is 5.73 Å². The van der Waals surface area contributed by atoms with E-state index >= 15 is 0 Å². The molecule has 1 aromatic heterocycles. The van der Waals surface area contributed by atoms with Crippen LogP contribution in [0.15, 0.2) is 28.7 Å². The zero-order valence-corrected chi connectivity index (χ0v) is 12.9. The first kappa shape index (κ1) is 13.4. The molecule has 1 atom stereocenters. The van der Waals surface area contributed by atoms with Crippen LogP contribution in [0.5, 0.6) is 0 Å². The molecule has 0 fully saturated rings. The van der Waals surface area contributed by atoms with Gasteiger partial charge in [-0.05, 0) is 41.1 Å². The summed E-state index contributed by atoms with van der Waals surface area (Å²) in [7, 11) is 0. The number of halogens is 3. The summed E-state index contributed by atoms with van der Waals surface area (Å²) in [5.74, 6) is 0. The third-order valence-corrected chi connectivity index (χ3v) is 5.37. The topological polar surface area (TPSA) is 26.0 Å². The number of aryl methyl sites for hydroxylation is 1. The van der Waals surface area contributed by atoms with E-state index in [1.165, 1.54) is 4.88 Å². The van der Waals surface area contributed by atoms with Crippen molar-refractivity contribution >= 4 is 50.5 Å². The number of benzene rings is 1. The van der Waals surface area contributed by atoms with Crippen LogP contribution in [0.25, 0.3) is 0 Å². The SMILES string of the molecule is Cc1sc(C(N)c2c(Cl)cccc2Cl)cc1Br. The molecule has 1 unspecified atom stereocenters. The van der Waals surface area contributed by atoms with Crippen LogP contribution >= 0.6 is 50.5 Å². The lowest BCUT2D eigenvalue weighted by Crippen LogP contribution is -2.11. The minimum absolute atomic E-state index is 0.286. The molecule has 0 aliphatic rings. The lowest BCUT2D eigenvalue weighted by molar-refractivity contribution is 0.893. The Morgan fingerprint density at radius 1 is 1.29 bits per heavy atom. The Labute approximate surface area is 123 Å². The van der Waals surface area contributed by atoms with Gasteiger partial charge in [-0.15, -0.1) is 11.3 Å². The zero-order valence-electron chi connectivity index (χ0n) is 9.01. The van der Waals surface area contributed by atoms with Gasteiger partial charge >= 0.3 is 0 Å². The molecule has 2 N–H and O–H groups in total. The van der Waals surface area contributed by atoms with E-state index in [4.69, 9.17) is 28.9 Å². The molecule has 0 radical (unpaired) electrons. The highest BCUT2D eigenvalue weighted by molar-refractivity contribution is 9.10. The van der Waals surface area contributed by atoms with E-state index in [1.807, 2.05) is 19.1 Å². The number of hydrogen-bond acceptors (Lipinski definition) is 2. The Morgan fingerprint density at radius 2 is 1.88 bits per heavy atom. The summed E-state index contributed by atoms with van der Waals surface area (Å²) in [5, 5.41) is 1.21. The molecule has 0 bridgehead atoms. The minimum atomic E-state index is -0.286. The first-order valence-electron chi connectivity index (χ1n) is 4.96. The Bertz CT molecular complexity index is 514. The van der Waals surface area contributed by atoms with Crippen molar-refractivity contribution < 1.29 is 0 Å². The third-order valence-electron chi connectivity index (χ3n) is 2.49. The first-order valence-corrected chi connectivity index (χ1v) is 7.32. The van der Waals surface area contributed by atoms with E-state index in [2.05, 4.69) is 15.9 Å². The van der Waals surface area contributed by atoms with Crippen LogP contribution in [-0.4, -0.2) is 0 Å². The second-order valence-electron chi connectivity index (χ2n) is 3.67. The van der Waals surface area contributed by atoms with Crippen molar-refractivity contribution in [3.8, 4) is 0 Å². The Hall–Kier alpha value is -0.0600. The summed E-state index contributed by atoms with van der Waals surface area (Å²) >= 11 is 17.4. The summed E-state index contributed by atoms with van der Waals surface area (Å²) in [6.45, 7) is 2.04. The highest BCUT2D eigenvalue weighted by Crippen LogP contribution is 2.37. The molecule has 0 aliphatic heterocycles. The number of nitrogens with two attached hydrogens (primary N) is 1. The van der Waals surface area contributed by atoms with E-state index in [-0.39, 0.29) is 6.04 Å². The molecular formula is C12H10BrCl2NS. The lowest BCUT2D eigenvalue weighted by atomic mass is 10.1. The molecule has 2 rings (SSSR count). The van der Waals surface area contributed by atoms with Crippen molar-refractivity contribution in [2.45, 2.75) is 13.0 Å². The van der Waals surface area contributed by atoms with Crippen molar-refractivity contribution in [3.63, 3.8) is 0 Å². The van der Waals surface area contributed by atoms with Crippen molar-refractivity contribution in [1.82, 2.24) is 0 Å². The monoisotopic (exact) mass is 349 g/mol. The summed E-state index contributed by atoms with van der Waals surface area (Å²) < 4.78 is 1.07. The van der Waals surface area contributed by atoms with Crippen LogP contribution in [0.1, 0.15) is 21.4 Å². The number of rotatable bonds is 2. The van der Waals surface area contributed by atoms with E-state index in [1.54, 1.807) is 23.5 Å². The van der Waals surface area contributed by atoms with Crippen molar-refractivity contribution in [1.29, 1.82) is 0 Å². The average molecular weight is 351 g/mol. The van der Waals surface area contributed by atoms with Crippen molar-refractivity contribution in [2.75, 3.05) is 0 Å². The maximum absolute atomic E-state index is 6.22. The van der Waals surface area contributed by atoms with Gasteiger partial charge in [-0.3, -0.25) is 0 Å². The van der Waals surface area contributed by atoms with Gasteiger partial charge in [0.15, 0.2) is 0 Å². The molecule has 1 nitrogen and oxygen atoms in total. The summed E-state index contributed by atoms with van der Waals surface area (Å²) in [6, 6.07) is 7.16. The van der Waals surface area contributed by atoms with Crippen molar-refractivity contribution in [2.24, 2.45) is 5.73 Å². The number of thiophene rings is 1. The lowest BCUT2D eigenvalue weighted by Gasteiger charge is -2.13. The van der Waals surface area contributed by atoms with Gasteiger partial charge in [-0.25, -0.2) is 0 Å². The fraction of sp³-hybridized carbons (Fsp3) is 0.167. The maximum atomic E-state index is 6.22. The standard InChI is InChI=1S/C12H10BrCl2NS/c1-6-7(13)5-10(17-6)12(16)11-8(14)3-2-4-9(11)15/h2-5,12H,16H2,1H3. The summed E-state index contributed by atoms with van der Waals surface area (Å²) in [6.07, 6.45) is 0. The fourth-order valence-electron chi connectivity index (χ4n) is 1.58. The van der Waals surface area contributed by atoms with Gasteiger partial charge in [0.2, 0.25) is 0 Å². The summed E-state index contributed by atoms with van der Waals surface area (Å²) in [4.78, 5) is 2.24. The smallest absolute Gasteiger partial charge is 0.0676 e. The molecule has 0 amide bonds. The van der Waals surface area contributed by atoms with Gasteiger partial charge < -0.3 is 5.73 Å². The van der Waals surface area contributed by atoms with E-state index in [0.717, 1.165) is 14.9 Å². The summed E-state index contributed by atoms with van der Waals surface area (Å²) in [5.41, 5.74) is 7.00. The maximum Gasteiger partial charge on any atom is 0.0676 e. The van der Waals surface area contributed by atoms with Crippen LogP contribution in [0.2, 0.25) is 10.0 Å². The molecule has 17 heavy (non-hydrogen) atoms. The molecule has 90 valence electrons. The van der Waals surface area contributed by atoms with Gasteiger partial charge in [0, 0.05) is 29.8 Å². The van der Waals surface area contributed by atoms with E-state index < -0.39 is 0 Å². The molecule has 0 saturated carbocycles. The Balaban J connectivity index is 2.47. The highest BCUT2D eigenvalue weighted by atomic mass is 79.9. The number of hydrogen-bond donors (Lipinski definition) is 1. The third kappa shape index (κ3) is 2.69. The first-order chi connectivity index (χ1) is 8.00. The van der Waals surface area contributed by atoms with E-state index in [0.29, 0.717) is 10.0 Å². The fourth-order valence-corrected chi connectivity index (χ4v) is 3.79. The molecule has 1 heterocycles. The van der Waals surface area contributed by atoms with Gasteiger partial charge in [0.25, 0.3) is 0 Å². The molecule has 2 aromatic rings. The van der Waals surface area contributed by atoms with Gasteiger partial charge in [-0.2, -0.15) is 0 Å². The minimum Gasteiger partial charge on any atom is -0.320 e. The largest absolute Gasteiger partial charge is 0.320 e. The normalized spacial score (nSPS) is 12.8. The van der Waals surface area contributed by atoms with Gasteiger partial charge in [0.1, 0.15) is 0 Å². The van der Waals surface area contributed by atoms with Gasteiger partial charge in [-0.1, -0.05) is 29.3 Å². The Morgan fingerprint density at radius 3 is 2.35 bits per heavy atom. The molecule has 5 heteroatoms.